The van der Waals surface area contributed by atoms with Gasteiger partial charge in [0.25, 0.3) is 0 Å². The summed E-state index contributed by atoms with van der Waals surface area (Å²) in [4.78, 5) is 0. The van der Waals surface area contributed by atoms with Crippen LogP contribution in [0.3, 0.4) is 0 Å². The first-order valence-corrected chi connectivity index (χ1v) is 9.51. The molecule has 0 saturated heterocycles. The number of hydrogen-bond acceptors (Lipinski definition) is 1. The predicted molar refractivity (Wildman–Crippen MR) is 97.6 cm³/mol. The minimum atomic E-state index is 0.919. The van der Waals surface area contributed by atoms with Crippen LogP contribution < -0.4 is 5.32 Å². The molecule has 2 atom stereocenters. The molecule has 0 fully saturated rings. The Morgan fingerprint density at radius 1 is 0.857 bits per heavy atom. The number of nitrogens with one attached hydrogen (secondary N) is 1. The molecule has 21 heavy (non-hydrogen) atoms. The van der Waals surface area contributed by atoms with E-state index in [-0.39, 0.29) is 0 Å². The summed E-state index contributed by atoms with van der Waals surface area (Å²) < 4.78 is 0. The predicted octanol–water partition coefficient (Wildman–Crippen LogP) is 6.69. The summed E-state index contributed by atoms with van der Waals surface area (Å²) >= 11 is 0. The largest absolute Gasteiger partial charge is 0.389 e. The third kappa shape index (κ3) is 13.0. The van der Waals surface area contributed by atoms with Gasteiger partial charge in [-0.15, -0.1) is 0 Å². The normalized spacial score (nSPS) is 13.9. The Bertz CT molecular complexity index is 234. The molecule has 0 aliphatic heterocycles. The van der Waals surface area contributed by atoms with Gasteiger partial charge in [-0.3, -0.25) is 0 Å². The van der Waals surface area contributed by atoms with Crippen LogP contribution in [0.4, 0.5) is 0 Å². The number of allylic oxidation sites excluding steroid dienone is 1. The molecule has 0 aromatic carbocycles. The Morgan fingerprint density at radius 2 is 1.38 bits per heavy atom. The second-order valence-electron chi connectivity index (χ2n) is 6.88. The molecule has 2 unspecified atom stereocenters. The Labute approximate surface area is 135 Å². The molecule has 1 N–H and O–H groups in total. The molecule has 0 saturated carbocycles. The van der Waals surface area contributed by atoms with Gasteiger partial charge in [0.1, 0.15) is 0 Å². The highest BCUT2D eigenvalue weighted by atomic mass is 14.9. The van der Waals surface area contributed by atoms with Crippen molar-refractivity contribution < 1.29 is 0 Å². The Balaban J connectivity index is 3.27. The highest BCUT2D eigenvalue weighted by molar-refractivity contribution is 4.83. The first-order chi connectivity index (χ1) is 10.1. The fourth-order valence-electron chi connectivity index (χ4n) is 3.12. The molecule has 126 valence electrons. The summed E-state index contributed by atoms with van der Waals surface area (Å²) in [6, 6.07) is 0. The fourth-order valence-corrected chi connectivity index (χ4v) is 3.12. The Kier molecular flexibility index (Phi) is 14.2. The van der Waals surface area contributed by atoms with Crippen molar-refractivity contribution in [3.63, 3.8) is 0 Å². The van der Waals surface area contributed by atoms with Gasteiger partial charge in [-0.05, 0) is 25.2 Å². The third-order valence-electron chi connectivity index (χ3n) is 4.90. The maximum absolute atomic E-state index is 3.85. The molecule has 0 aliphatic rings. The van der Waals surface area contributed by atoms with Crippen molar-refractivity contribution >= 4 is 0 Å². The number of unbranched alkanes of at least 4 members (excludes halogenated alkanes) is 7. The molecule has 1 nitrogen and oxygen atoms in total. The maximum atomic E-state index is 3.85. The van der Waals surface area contributed by atoms with Gasteiger partial charge >= 0.3 is 0 Å². The fraction of sp³-hybridized carbons (Fsp3) is 0.900. The number of hydrogen-bond donors (Lipinski definition) is 1. The summed E-state index contributed by atoms with van der Waals surface area (Å²) in [6.45, 7) is 14.1. The van der Waals surface area contributed by atoms with Gasteiger partial charge in [0.05, 0.1) is 0 Å². The Hall–Kier alpha value is -0.460. The van der Waals surface area contributed by atoms with Gasteiger partial charge in [-0.2, -0.15) is 0 Å². The third-order valence-corrected chi connectivity index (χ3v) is 4.90. The van der Waals surface area contributed by atoms with E-state index in [4.69, 9.17) is 0 Å². The van der Waals surface area contributed by atoms with Gasteiger partial charge in [-0.1, -0.05) is 91.6 Å². The van der Waals surface area contributed by atoms with Crippen LogP contribution in [0.2, 0.25) is 0 Å². The van der Waals surface area contributed by atoms with Crippen LogP contribution in [0.5, 0.6) is 0 Å². The van der Waals surface area contributed by atoms with Crippen molar-refractivity contribution in [3.05, 3.63) is 12.3 Å². The lowest BCUT2D eigenvalue weighted by Crippen LogP contribution is -2.11. The summed E-state index contributed by atoms with van der Waals surface area (Å²) in [7, 11) is 0. The van der Waals surface area contributed by atoms with Crippen molar-refractivity contribution in [1.82, 2.24) is 5.32 Å². The average molecular weight is 296 g/mol. The van der Waals surface area contributed by atoms with Gasteiger partial charge in [0.15, 0.2) is 0 Å². The van der Waals surface area contributed by atoms with E-state index in [2.05, 4.69) is 32.7 Å². The number of rotatable bonds is 15. The maximum Gasteiger partial charge on any atom is 0.0143 e. The molecule has 0 amide bonds. The average Bonchev–Trinajstić information content (AvgIpc) is 2.47. The lowest BCUT2D eigenvalue weighted by Gasteiger charge is -2.21. The zero-order valence-electron chi connectivity index (χ0n) is 15.3. The summed E-state index contributed by atoms with van der Waals surface area (Å²) in [5.74, 6) is 1.89. The van der Waals surface area contributed by atoms with Gasteiger partial charge in [-0.25, -0.2) is 0 Å². The van der Waals surface area contributed by atoms with E-state index in [1.165, 1.54) is 70.6 Å². The van der Waals surface area contributed by atoms with Crippen LogP contribution in [-0.4, -0.2) is 6.54 Å². The second-order valence-corrected chi connectivity index (χ2v) is 6.88. The standard InChI is InChI=1S/C20H41N/c1-6-19(5)20(7-2)16-14-12-10-8-9-11-13-15-17-21-18(3)4/h19-21H,3,6-17H2,1-2,4-5H3. The van der Waals surface area contributed by atoms with Gasteiger partial charge in [0, 0.05) is 12.2 Å². The van der Waals surface area contributed by atoms with Gasteiger partial charge in [0.2, 0.25) is 0 Å². The van der Waals surface area contributed by atoms with Crippen molar-refractivity contribution in [2.45, 2.75) is 98.3 Å². The minimum Gasteiger partial charge on any atom is -0.389 e. The molecule has 0 aromatic heterocycles. The van der Waals surface area contributed by atoms with E-state index in [0.717, 1.165) is 24.1 Å². The van der Waals surface area contributed by atoms with Crippen LogP contribution in [0.25, 0.3) is 0 Å². The first kappa shape index (κ1) is 20.5. The first-order valence-electron chi connectivity index (χ1n) is 9.51. The van der Waals surface area contributed by atoms with Gasteiger partial charge < -0.3 is 5.32 Å². The molecule has 0 heterocycles. The molecule has 0 aromatic rings. The van der Waals surface area contributed by atoms with Crippen LogP contribution in [0, 0.1) is 11.8 Å². The molecule has 1 heteroatoms. The highest BCUT2D eigenvalue weighted by Gasteiger charge is 2.12. The van der Waals surface area contributed by atoms with E-state index >= 15 is 0 Å². The summed E-state index contributed by atoms with van der Waals surface area (Å²) in [5, 5.41) is 3.30. The van der Waals surface area contributed by atoms with E-state index in [9.17, 15) is 0 Å². The highest BCUT2D eigenvalue weighted by Crippen LogP contribution is 2.24. The molecule has 0 radical (unpaired) electrons. The Morgan fingerprint density at radius 3 is 1.86 bits per heavy atom. The van der Waals surface area contributed by atoms with Crippen molar-refractivity contribution in [2.24, 2.45) is 11.8 Å². The quantitative estimate of drug-likeness (QED) is 0.332. The zero-order chi connectivity index (χ0) is 15.9. The second kappa shape index (κ2) is 14.5. The molecule has 0 aliphatic carbocycles. The van der Waals surface area contributed by atoms with E-state index in [1.54, 1.807) is 0 Å². The van der Waals surface area contributed by atoms with E-state index < -0.39 is 0 Å². The SMILES string of the molecule is C=C(C)NCCCCCCCCCCC(CC)C(C)CC. The minimum absolute atomic E-state index is 0.919. The lowest BCUT2D eigenvalue weighted by molar-refractivity contribution is 0.307. The monoisotopic (exact) mass is 295 g/mol. The van der Waals surface area contributed by atoms with Crippen LogP contribution in [0.15, 0.2) is 12.3 Å². The van der Waals surface area contributed by atoms with Crippen LogP contribution in [0.1, 0.15) is 98.3 Å². The summed E-state index contributed by atoms with van der Waals surface area (Å²) in [6.07, 6.45) is 15.4. The van der Waals surface area contributed by atoms with Crippen molar-refractivity contribution in [1.29, 1.82) is 0 Å². The van der Waals surface area contributed by atoms with Crippen LogP contribution in [-0.2, 0) is 0 Å². The van der Waals surface area contributed by atoms with Crippen molar-refractivity contribution in [3.8, 4) is 0 Å². The topological polar surface area (TPSA) is 12.0 Å². The van der Waals surface area contributed by atoms with E-state index in [0.29, 0.717) is 0 Å². The van der Waals surface area contributed by atoms with Crippen LogP contribution >= 0.6 is 0 Å². The molecule has 0 rings (SSSR count). The molecule has 0 spiro atoms. The smallest absolute Gasteiger partial charge is 0.0143 e. The molecule has 0 bridgehead atoms. The molecular weight excluding hydrogens is 254 g/mol. The van der Waals surface area contributed by atoms with E-state index in [1.807, 2.05) is 6.92 Å². The summed E-state index contributed by atoms with van der Waals surface area (Å²) in [5.41, 5.74) is 1.10. The zero-order valence-corrected chi connectivity index (χ0v) is 15.3. The molecular formula is C20H41N. The lowest BCUT2D eigenvalue weighted by atomic mass is 9.85. The van der Waals surface area contributed by atoms with Crippen molar-refractivity contribution in [2.75, 3.05) is 6.54 Å².